The molecule has 0 unspecified atom stereocenters. The van der Waals surface area contributed by atoms with E-state index in [1.165, 1.54) is 0 Å². The molecule has 9 nitrogen and oxygen atoms in total. The topological polar surface area (TPSA) is 102 Å². The molecule has 0 aliphatic rings. The predicted octanol–water partition coefficient (Wildman–Crippen LogP) is 1.71. The molecular formula is C21H31NO8. The molecule has 0 fully saturated rings. The van der Waals surface area contributed by atoms with Crippen LogP contribution >= 0.6 is 0 Å². The SMILES string of the molecule is C=CC(=O)OCCOCCOCCOCCOCCNC(=O)OCc1ccccc1. The number of esters is 1. The minimum Gasteiger partial charge on any atom is -0.460 e. The van der Waals surface area contributed by atoms with Crippen molar-refractivity contribution in [2.75, 3.05) is 66.0 Å². The van der Waals surface area contributed by atoms with Crippen LogP contribution in [0.5, 0.6) is 0 Å². The van der Waals surface area contributed by atoms with Crippen molar-refractivity contribution >= 4 is 12.1 Å². The molecule has 0 heterocycles. The lowest BCUT2D eigenvalue weighted by atomic mass is 10.2. The summed E-state index contributed by atoms with van der Waals surface area (Å²) in [7, 11) is 0. The van der Waals surface area contributed by atoms with Crippen molar-refractivity contribution < 1.29 is 38.0 Å². The number of ether oxygens (including phenoxy) is 6. The highest BCUT2D eigenvalue weighted by Crippen LogP contribution is 2.00. The summed E-state index contributed by atoms with van der Waals surface area (Å²) in [5.74, 6) is -0.464. The fourth-order valence-corrected chi connectivity index (χ4v) is 2.02. The van der Waals surface area contributed by atoms with Crippen LogP contribution in [0.4, 0.5) is 4.79 Å². The largest absolute Gasteiger partial charge is 0.460 e. The standard InChI is InChI=1S/C21H31NO8/c1-2-20(23)29-17-16-28-15-14-27-13-12-26-11-10-25-9-8-22-21(24)30-18-19-6-4-3-5-7-19/h2-7H,1,8-18H2,(H,22,24). The lowest BCUT2D eigenvalue weighted by Crippen LogP contribution is -2.28. The summed E-state index contributed by atoms with van der Waals surface area (Å²) in [6, 6.07) is 9.47. The number of hydrogen-bond acceptors (Lipinski definition) is 8. The lowest BCUT2D eigenvalue weighted by molar-refractivity contribution is -0.139. The summed E-state index contributed by atoms with van der Waals surface area (Å²) in [5.41, 5.74) is 0.934. The third kappa shape index (κ3) is 15.5. The molecule has 168 valence electrons. The summed E-state index contributed by atoms with van der Waals surface area (Å²) < 4.78 is 31.1. The van der Waals surface area contributed by atoms with Gasteiger partial charge in [0.05, 0.1) is 52.9 Å². The molecule has 1 aromatic rings. The Morgan fingerprint density at radius 3 is 1.87 bits per heavy atom. The monoisotopic (exact) mass is 425 g/mol. The molecule has 0 atom stereocenters. The molecule has 9 heteroatoms. The van der Waals surface area contributed by atoms with Crippen molar-refractivity contribution in [3.05, 3.63) is 48.6 Å². The van der Waals surface area contributed by atoms with Crippen LogP contribution in [0.25, 0.3) is 0 Å². The van der Waals surface area contributed by atoms with Gasteiger partial charge >= 0.3 is 12.1 Å². The maximum absolute atomic E-state index is 11.5. The highest BCUT2D eigenvalue weighted by Gasteiger charge is 2.01. The van der Waals surface area contributed by atoms with E-state index in [-0.39, 0.29) is 13.2 Å². The number of carbonyl (C=O) groups is 2. The van der Waals surface area contributed by atoms with Crippen molar-refractivity contribution in [1.29, 1.82) is 0 Å². The maximum Gasteiger partial charge on any atom is 0.407 e. The normalized spacial score (nSPS) is 10.4. The summed E-state index contributed by atoms with van der Waals surface area (Å²) in [4.78, 5) is 22.3. The highest BCUT2D eigenvalue weighted by atomic mass is 16.6. The summed E-state index contributed by atoms with van der Waals surface area (Å²) in [5, 5.41) is 2.62. The maximum atomic E-state index is 11.5. The Labute approximate surface area is 177 Å². The Kier molecular flexibility index (Phi) is 15.8. The van der Waals surface area contributed by atoms with E-state index in [1.54, 1.807) is 0 Å². The number of nitrogens with one attached hydrogen (secondary N) is 1. The smallest absolute Gasteiger partial charge is 0.407 e. The summed E-state index contributed by atoms with van der Waals surface area (Å²) >= 11 is 0. The van der Waals surface area contributed by atoms with E-state index < -0.39 is 12.1 Å². The molecule has 0 bridgehead atoms. The van der Waals surface area contributed by atoms with Gasteiger partial charge in [-0.05, 0) is 5.56 Å². The number of alkyl carbamates (subject to hydrolysis) is 1. The van der Waals surface area contributed by atoms with E-state index in [9.17, 15) is 9.59 Å². The van der Waals surface area contributed by atoms with E-state index in [2.05, 4.69) is 11.9 Å². The third-order valence-electron chi connectivity index (χ3n) is 3.48. The number of rotatable bonds is 18. The average molecular weight is 425 g/mol. The Morgan fingerprint density at radius 2 is 1.30 bits per heavy atom. The Hall–Kier alpha value is -2.46. The van der Waals surface area contributed by atoms with E-state index in [4.69, 9.17) is 28.4 Å². The molecule has 0 aliphatic heterocycles. The van der Waals surface area contributed by atoms with Crippen LogP contribution in [0.3, 0.4) is 0 Å². The zero-order valence-corrected chi connectivity index (χ0v) is 17.2. The van der Waals surface area contributed by atoms with E-state index in [1.807, 2.05) is 30.3 Å². The molecule has 30 heavy (non-hydrogen) atoms. The molecule has 1 rings (SSSR count). The van der Waals surface area contributed by atoms with Crippen molar-refractivity contribution in [3.8, 4) is 0 Å². The second-order valence-corrected chi connectivity index (χ2v) is 5.81. The molecule has 0 radical (unpaired) electrons. The molecule has 0 saturated heterocycles. The van der Waals surface area contributed by atoms with Crippen LogP contribution in [-0.4, -0.2) is 78.1 Å². The van der Waals surface area contributed by atoms with Gasteiger partial charge in [0.15, 0.2) is 0 Å². The Morgan fingerprint density at radius 1 is 0.767 bits per heavy atom. The van der Waals surface area contributed by atoms with Crippen LogP contribution < -0.4 is 5.32 Å². The van der Waals surface area contributed by atoms with Gasteiger partial charge in [0.2, 0.25) is 0 Å². The van der Waals surface area contributed by atoms with E-state index >= 15 is 0 Å². The third-order valence-corrected chi connectivity index (χ3v) is 3.48. The summed E-state index contributed by atoms with van der Waals surface area (Å²) in [6.45, 7) is 7.38. The zero-order valence-electron chi connectivity index (χ0n) is 17.2. The summed E-state index contributed by atoms with van der Waals surface area (Å²) in [6.07, 6.45) is 0.632. The second kappa shape index (κ2) is 18.6. The van der Waals surface area contributed by atoms with Gasteiger partial charge < -0.3 is 33.7 Å². The van der Waals surface area contributed by atoms with Gasteiger partial charge in [0.25, 0.3) is 0 Å². The van der Waals surface area contributed by atoms with Gasteiger partial charge in [-0.25, -0.2) is 9.59 Å². The number of amides is 1. The van der Waals surface area contributed by atoms with Gasteiger partial charge in [0.1, 0.15) is 13.2 Å². The first-order chi connectivity index (χ1) is 14.7. The number of hydrogen-bond donors (Lipinski definition) is 1. The molecule has 1 aromatic carbocycles. The number of carbonyl (C=O) groups excluding carboxylic acids is 2. The zero-order chi connectivity index (χ0) is 21.7. The Bertz CT molecular complexity index is 582. The van der Waals surface area contributed by atoms with Crippen LogP contribution in [0.15, 0.2) is 43.0 Å². The van der Waals surface area contributed by atoms with Crippen molar-refractivity contribution in [2.24, 2.45) is 0 Å². The second-order valence-electron chi connectivity index (χ2n) is 5.81. The molecule has 1 amide bonds. The average Bonchev–Trinajstić information content (AvgIpc) is 2.77. The van der Waals surface area contributed by atoms with Crippen LogP contribution in [0.1, 0.15) is 5.56 Å². The first kappa shape index (κ1) is 25.6. The molecule has 0 saturated carbocycles. The van der Waals surface area contributed by atoms with Crippen LogP contribution in [0, 0.1) is 0 Å². The molecule has 0 spiro atoms. The van der Waals surface area contributed by atoms with Gasteiger partial charge in [-0.1, -0.05) is 36.9 Å². The fraction of sp³-hybridized carbons (Fsp3) is 0.524. The lowest BCUT2D eigenvalue weighted by Gasteiger charge is -2.09. The molecular weight excluding hydrogens is 394 g/mol. The van der Waals surface area contributed by atoms with Crippen LogP contribution in [-0.2, 0) is 39.8 Å². The van der Waals surface area contributed by atoms with Gasteiger partial charge in [-0.15, -0.1) is 0 Å². The van der Waals surface area contributed by atoms with Crippen LogP contribution in [0.2, 0.25) is 0 Å². The van der Waals surface area contributed by atoms with E-state index in [0.717, 1.165) is 11.6 Å². The van der Waals surface area contributed by atoms with Gasteiger partial charge in [-0.3, -0.25) is 0 Å². The minimum atomic E-state index is -0.474. The van der Waals surface area contributed by atoms with E-state index in [0.29, 0.717) is 59.4 Å². The predicted molar refractivity (Wildman–Crippen MR) is 109 cm³/mol. The molecule has 0 aromatic heterocycles. The quantitative estimate of drug-likeness (QED) is 0.215. The van der Waals surface area contributed by atoms with Gasteiger partial charge in [0, 0.05) is 12.6 Å². The molecule has 1 N–H and O–H groups in total. The first-order valence-corrected chi connectivity index (χ1v) is 9.77. The van der Waals surface area contributed by atoms with Crippen molar-refractivity contribution in [3.63, 3.8) is 0 Å². The highest BCUT2D eigenvalue weighted by molar-refractivity contribution is 5.81. The minimum absolute atomic E-state index is 0.193. The van der Waals surface area contributed by atoms with Crippen molar-refractivity contribution in [1.82, 2.24) is 5.32 Å². The van der Waals surface area contributed by atoms with Crippen molar-refractivity contribution in [2.45, 2.75) is 6.61 Å². The fourth-order valence-electron chi connectivity index (χ4n) is 2.02. The van der Waals surface area contributed by atoms with Gasteiger partial charge in [-0.2, -0.15) is 0 Å². The first-order valence-electron chi connectivity index (χ1n) is 9.77. The number of benzene rings is 1. The Balaban J connectivity index is 1.76. The molecule has 0 aliphatic carbocycles.